The van der Waals surface area contributed by atoms with Crippen LogP contribution in [0.25, 0.3) is 0 Å². The van der Waals surface area contributed by atoms with Crippen molar-refractivity contribution in [2.75, 3.05) is 20.2 Å². The Bertz CT molecular complexity index is 2530. The van der Waals surface area contributed by atoms with E-state index in [1.807, 2.05) is 0 Å². The monoisotopic (exact) mass is 1140 g/mol. The molecule has 4 rings (SSSR count). The van der Waals surface area contributed by atoms with E-state index < -0.39 is 159 Å². The topological polar surface area (TPSA) is 359 Å². The SMILES string of the molecule is CN(C(=O)OC(C)(C)C)[C@@H]1[C@@H](O)[C@@H](O[C@H]2[C@H](NC(=O)OC(C)(C)C)C[C@H](NC(=O)OC(C)(C)C)C([C@H]3OC(CNS(=O)(=O)c4ccccc4N=O)=CC[C@H]3N/C(=N/C(=O)OC(C)(C)C)NC(=O)OC(C)(C)C)[C@@H]2O)OC[C@]1(C)O. The van der Waals surface area contributed by atoms with Crippen LogP contribution in [0.5, 0.6) is 0 Å². The van der Waals surface area contributed by atoms with Gasteiger partial charge in [0.25, 0.3) is 0 Å². The molecule has 1 aliphatic carbocycles. The van der Waals surface area contributed by atoms with E-state index >= 15 is 0 Å². The predicted molar refractivity (Wildman–Crippen MR) is 284 cm³/mol. The molecule has 11 atom stereocenters. The van der Waals surface area contributed by atoms with Gasteiger partial charge in [-0.2, -0.15) is 0 Å². The molecule has 0 aromatic heterocycles. The van der Waals surface area contributed by atoms with Crippen molar-refractivity contribution in [3.05, 3.63) is 41.0 Å². The zero-order chi connectivity index (χ0) is 60.0. The first-order chi connectivity index (χ1) is 36.0. The molecule has 5 amide bonds. The molecule has 446 valence electrons. The van der Waals surface area contributed by atoms with Crippen LogP contribution in [0.1, 0.15) is 124 Å². The molecule has 1 saturated heterocycles. The lowest BCUT2D eigenvalue weighted by atomic mass is 9.72. The maximum absolute atomic E-state index is 13.9. The van der Waals surface area contributed by atoms with Crippen LogP contribution in [0, 0.1) is 10.8 Å². The normalized spacial score (nSPS) is 27.1. The van der Waals surface area contributed by atoms with Crippen molar-refractivity contribution in [2.45, 2.75) is 217 Å². The number of hydrogen-bond donors (Lipinski definition) is 8. The minimum Gasteiger partial charge on any atom is -0.491 e. The zero-order valence-electron chi connectivity index (χ0n) is 48.1. The van der Waals surface area contributed by atoms with Gasteiger partial charge in [0.2, 0.25) is 16.0 Å². The van der Waals surface area contributed by atoms with E-state index in [1.54, 1.807) is 104 Å². The van der Waals surface area contributed by atoms with E-state index in [2.05, 4.69) is 36.2 Å². The van der Waals surface area contributed by atoms with Gasteiger partial charge in [0, 0.05) is 19.0 Å². The van der Waals surface area contributed by atoms with E-state index in [0.29, 0.717) is 0 Å². The van der Waals surface area contributed by atoms with Gasteiger partial charge in [-0.15, -0.1) is 9.90 Å². The molecule has 0 bridgehead atoms. The largest absolute Gasteiger partial charge is 0.491 e. The summed E-state index contributed by atoms with van der Waals surface area (Å²) in [4.78, 5) is 84.0. The Kier molecular flexibility index (Phi) is 21.0. The van der Waals surface area contributed by atoms with Crippen LogP contribution in [0.3, 0.4) is 0 Å². The first kappa shape index (κ1) is 65.6. The molecule has 0 radical (unpaired) electrons. The number of likely N-dealkylation sites (N-methyl/N-ethyl adjacent to an activating group) is 1. The Morgan fingerprint density at radius 3 is 1.82 bits per heavy atom. The van der Waals surface area contributed by atoms with Crippen molar-refractivity contribution in [3.63, 3.8) is 0 Å². The van der Waals surface area contributed by atoms with Crippen LogP contribution in [-0.2, 0) is 47.9 Å². The number of alkyl carbamates (subject to hydrolysis) is 3. The van der Waals surface area contributed by atoms with Crippen LogP contribution >= 0.6 is 0 Å². The lowest BCUT2D eigenvalue weighted by Crippen LogP contribution is -2.71. The van der Waals surface area contributed by atoms with Gasteiger partial charge in [-0.05, 0) is 147 Å². The smallest absolute Gasteiger partial charge is 0.437 e. The summed E-state index contributed by atoms with van der Waals surface area (Å²) >= 11 is 0. The second kappa shape index (κ2) is 25.3. The Labute approximate surface area is 461 Å². The minimum atomic E-state index is -4.48. The second-order valence-corrected chi connectivity index (χ2v) is 26.4. The van der Waals surface area contributed by atoms with E-state index in [9.17, 15) is 52.6 Å². The van der Waals surface area contributed by atoms with Crippen LogP contribution in [0.15, 0.2) is 51.2 Å². The number of amides is 5. The number of carbonyl (C=O) groups is 5. The van der Waals surface area contributed by atoms with Gasteiger partial charge >= 0.3 is 30.5 Å². The number of nitroso groups, excluding NO2 is 1. The third-order valence-corrected chi connectivity index (χ3v) is 13.0. The molecule has 2 heterocycles. The number of guanidine groups is 1. The van der Waals surface area contributed by atoms with Crippen molar-refractivity contribution in [2.24, 2.45) is 16.1 Å². The summed E-state index contributed by atoms with van der Waals surface area (Å²) in [6.45, 7) is 24.2. The lowest BCUT2D eigenvalue weighted by molar-refractivity contribution is -0.305. The third kappa shape index (κ3) is 20.0. The van der Waals surface area contributed by atoms with E-state index in [0.717, 1.165) is 4.90 Å². The Morgan fingerprint density at radius 2 is 1.28 bits per heavy atom. The molecule has 8 N–H and O–H groups in total. The Balaban J connectivity index is 1.96. The lowest BCUT2D eigenvalue weighted by Gasteiger charge is -2.52. The molecule has 2 fully saturated rings. The molecule has 27 nitrogen and oxygen atoms in total. The fourth-order valence-electron chi connectivity index (χ4n) is 8.74. The van der Waals surface area contributed by atoms with Crippen molar-refractivity contribution in [3.8, 4) is 0 Å². The highest BCUT2D eigenvalue weighted by Crippen LogP contribution is 2.39. The highest BCUT2D eigenvalue weighted by Gasteiger charge is 2.57. The number of hydrogen-bond acceptors (Lipinski definition) is 20. The summed E-state index contributed by atoms with van der Waals surface area (Å²) in [5.74, 6) is -2.10. The minimum absolute atomic E-state index is 0.0788. The summed E-state index contributed by atoms with van der Waals surface area (Å²) in [6.07, 6.45) is -13.1. The van der Waals surface area contributed by atoms with Crippen LogP contribution in [0.2, 0.25) is 0 Å². The zero-order valence-corrected chi connectivity index (χ0v) is 48.9. The maximum atomic E-state index is 13.9. The molecular formula is C51H82N8O19S. The molecule has 0 spiro atoms. The van der Waals surface area contributed by atoms with Crippen molar-refractivity contribution < 1.29 is 85.6 Å². The molecule has 2 aliphatic heterocycles. The van der Waals surface area contributed by atoms with Gasteiger partial charge < -0.3 is 74.1 Å². The molecular weight excluding hydrogens is 1060 g/mol. The number of ether oxygens (including phenoxy) is 8. The number of rotatable bonds is 12. The van der Waals surface area contributed by atoms with Gasteiger partial charge in [0.05, 0.1) is 37.4 Å². The third-order valence-electron chi connectivity index (χ3n) is 11.6. The highest BCUT2D eigenvalue weighted by molar-refractivity contribution is 7.89. The quantitative estimate of drug-likeness (QED) is 0.0586. The summed E-state index contributed by atoms with van der Waals surface area (Å²) in [7, 11) is -3.19. The van der Waals surface area contributed by atoms with Crippen molar-refractivity contribution in [1.82, 2.24) is 30.9 Å². The molecule has 1 unspecified atom stereocenters. The number of nitrogens with zero attached hydrogens (tertiary/aromatic N) is 3. The van der Waals surface area contributed by atoms with Gasteiger partial charge in [0.1, 0.15) is 68.3 Å². The first-order valence-corrected chi connectivity index (χ1v) is 27.1. The second-order valence-electron chi connectivity index (χ2n) is 24.7. The number of benzene rings is 1. The number of carbonyl (C=O) groups excluding carboxylic acids is 5. The van der Waals surface area contributed by atoms with E-state index in [1.165, 1.54) is 44.3 Å². The summed E-state index contributed by atoms with van der Waals surface area (Å²) in [5.41, 5.74) is -7.55. The van der Waals surface area contributed by atoms with Crippen LogP contribution in [0.4, 0.5) is 29.7 Å². The van der Waals surface area contributed by atoms with Gasteiger partial charge in [-0.1, -0.05) is 12.1 Å². The number of aliphatic hydroxyl groups excluding tert-OH is 2. The Morgan fingerprint density at radius 1 is 0.747 bits per heavy atom. The van der Waals surface area contributed by atoms with E-state index in [-0.39, 0.29) is 24.3 Å². The molecule has 1 aromatic carbocycles. The number of nitrogens with one attached hydrogen (secondary N) is 5. The average molecular weight is 1140 g/mol. The summed E-state index contributed by atoms with van der Waals surface area (Å²) in [6, 6.07) is -0.204. The fourth-order valence-corrected chi connectivity index (χ4v) is 9.87. The maximum Gasteiger partial charge on any atom is 0.437 e. The van der Waals surface area contributed by atoms with Gasteiger partial charge in [-0.3, -0.25) is 5.32 Å². The van der Waals surface area contributed by atoms with Gasteiger partial charge in [0.15, 0.2) is 6.29 Å². The fraction of sp³-hybridized carbons (Fsp3) is 0.725. The Hall–Kier alpha value is -5.91. The first-order valence-electron chi connectivity index (χ1n) is 25.6. The predicted octanol–water partition coefficient (Wildman–Crippen LogP) is 5.07. The van der Waals surface area contributed by atoms with Crippen LogP contribution in [-0.4, -0.2) is 174 Å². The highest BCUT2D eigenvalue weighted by atomic mass is 32.2. The molecule has 79 heavy (non-hydrogen) atoms. The van der Waals surface area contributed by atoms with E-state index in [4.69, 9.17) is 37.9 Å². The van der Waals surface area contributed by atoms with Crippen molar-refractivity contribution >= 4 is 52.1 Å². The standard InChI is InChI=1S/C51H82N8O19S/c1-46(2,3)74-41(62)54-30-24-31(55-42(63)75-47(4,5)6)37(73-39-35(61)38(51(16,67)26-71-39)59(17)45(66)78-50(13,14)15)34(60)33(30)36-29(53-40(56-43(64)76-48(7,8)9)57-44(65)77-49(10,11)12)23-22-27(72-36)25-52-79(69,70)32-21-19-18-20-28(32)58-68/h18-22,29-31,33-39,52,60-61,67H,23-26H2,1-17H3,(H,54,62)(H,55,63)(H2,53,56,57,64,65)/t29-,30+,31-,33?,34+,35-,36+,37+,38-,39-,51+/m1/s1. The molecule has 1 saturated carbocycles. The number of aliphatic hydroxyl groups is 3. The van der Waals surface area contributed by atoms with Crippen LogP contribution < -0.4 is 26.0 Å². The summed E-state index contributed by atoms with van der Waals surface area (Å²) in [5, 5.41) is 50.5. The van der Waals surface area contributed by atoms with Crippen molar-refractivity contribution in [1.29, 1.82) is 0 Å². The number of sulfonamides is 1. The summed E-state index contributed by atoms with van der Waals surface area (Å²) < 4.78 is 76.6. The molecule has 1 aromatic rings. The molecule has 28 heteroatoms. The average Bonchev–Trinajstić information content (AvgIpc) is 3.24. The molecule has 3 aliphatic rings. The number of aliphatic imine (C=N–C) groups is 1. The van der Waals surface area contributed by atoms with Gasteiger partial charge in [-0.25, -0.2) is 37.1 Å².